The maximum absolute atomic E-state index is 6.07. The van der Waals surface area contributed by atoms with E-state index in [4.69, 9.17) is 11.6 Å². The van der Waals surface area contributed by atoms with Crippen LogP contribution in [0.3, 0.4) is 0 Å². The van der Waals surface area contributed by atoms with Crippen LogP contribution < -0.4 is 5.01 Å². The number of piperazine rings is 1. The first-order valence-electron chi connectivity index (χ1n) is 6.35. The number of imidazole rings is 1. The summed E-state index contributed by atoms with van der Waals surface area (Å²) >= 11 is 8.38. The van der Waals surface area contributed by atoms with E-state index in [-0.39, 0.29) is 0 Å². The molecule has 1 aromatic carbocycles. The number of hydrogen-bond acceptors (Lipinski definition) is 3. The number of rotatable bonds is 2. The van der Waals surface area contributed by atoms with Crippen LogP contribution in [-0.4, -0.2) is 47.8 Å². The second-order valence-corrected chi connectivity index (χ2v) is 6.38. The highest BCUT2D eigenvalue weighted by Gasteiger charge is 2.19. The Morgan fingerprint density at radius 2 is 2.00 bits per heavy atom. The van der Waals surface area contributed by atoms with Gasteiger partial charge in [0.25, 0.3) is 0 Å². The molecule has 4 nitrogen and oxygen atoms in total. The van der Waals surface area contributed by atoms with Gasteiger partial charge in [0.15, 0.2) is 0 Å². The second kappa shape index (κ2) is 5.46. The number of alkyl halides is 1. The van der Waals surface area contributed by atoms with Crippen LogP contribution in [0.2, 0.25) is 0 Å². The van der Waals surface area contributed by atoms with Gasteiger partial charge < -0.3 is 9.91 Å². The zero-order valence-corrected chi connectivity index (χ0v) is 13.7. The molecule has 1 aromatic heterocycles. The summed E-state index contributed by atoms with van der Waals surface area (Å²) in [6, 6.07) is 6.37. The van der Waals surface area contributed by atoms with Crippen molar-refractivity contribution >= 4 is 45.2 Å². The van der Waals surface area contributed by atoms with Gasteiger partial charge in [-0.1, -0.05) is 0 Å². The first-order valence-corrected chi connectivity index (χ1v) is 7.97. The van der Waals surface area contributed by atoms with Crippen molar-refractivity contribution in [1.29, 1.82) is 0 Å². The third-order valence-corrected chi connectivity index (χ3v) is 4.45. The van der Waals surface area contributed by atoms with Crippen LogP contribution >= 0.6 is 34.2 Å². The van der Waals surface area contributed by atoms with Crippen LogP contribution in [0.5, 0.6) is 0 Å². The summed E-state index contributed by atoms with van der Waals surface area (Å²) < 4.78 is 3.40. The lowest BCUT2D eigenvalue weighted by Gasteiger charge is -2.35. The number of aromatic nitrogens is 2. The molecule has 0 unspecified atom stereocenters. The molecular weight excluding hydrogens is 375 g/mol. The van der Waals surface area contributed by atoms with Gasteiger partial charge in [-0.15, -0.1) is 11.6 Å². The zero-order valence-electron chi connectivity index (χ0n) is 10.8. The van der Waals surface area contributed by atoms with Gasteiger partial charge >= 0.3 is 0 Å². The normalized spacial score (nSPS) is 17.3. The molecule has 102 valence electrons. The van der Waals surface area contributed by atoms with Gasteiger partial charge in [-0.25, -0.2) is 9.66 Å². The summed E-state index contributed by atoms with van der Waals surface area (Å²) in [5.74, 6) is 1.38. The molecule has 1 fully saturated rings. The van der Waals surface area contributed by atoms with E-state index < -0.39 is 0 Å². The van der Waals surface area contributed by atoms with E-state index in [1.54, 1.807) is 0 Å². The summed E-state index contributed by atoms with van der Waals surface area (Å²) in [7, 11) is 2.16. The first kappa shape index (κ1) is 13.5. The SMILES string of the molecule is CN1CCN(n2c(CCl)nc3cc(I)ccc32)CC1. The van der Waals surface area contributed by atoms with Gasteiger partial charge in [0, 0.05) is 29.7 Å². The Bertz CT molecular complexity index is 590. The maximum atomic E-state index is 6.07. The molecule has 0 radical (unpaired) electrons. The topological polar surface area (TPSA) is 24.3 Å². The highest BCUT2D eigenvalue weighted by Crippen LogP contribution is 2.21. The fraction of sp³-hybridized carbons (Fsp3) is 0.462. The molecule has 3 rings (SSSR count). The summed E-state index contributed by atoms with van der Waals surface area (Å²) in [4.78, 5) is 7.00. The van der Waals surface area contributed by atoms with Crippen molar-refractivity contribution in [1.82, 2.24) is 14.6 Å². The minimum absolute atomic E-state index is 0.442. The minimum atomic E-state index is 0.442. The first-order chi connectivity index (χ1) is 9.19. The lowest BCUT2D eigenvalue weighted by molar-refractivity contribution is 0.288. The minimum Gasteiger partial charge on any atom is -0.308 e. The van der Waals surface area contributed by atoms with E-state index in [2.05, 4.69) is 67.4 Å². The van der Waals surface area contributed by atoms with E-state index in [0.29, 0.717) is 5.88 Å². The molecule has 0 amide bonds. The number of hydrogen-bond donors (Lipinski definition) is 0. The fourth-order valence-electron chi connectivity index (χ4n) is 2.49. The van der Waals surface area contributed by atoms with Gasteiger partial charge in [-0.3, -0.25) is 0 Å². The highest BCUT2D eigenvalue weighted by molar-refractivity contribution is 14.1. The van der Waals surface area contributed by atoms with Crippen molar-refractivity contribution in [3.05, 3.63) is 27.6 Å². The Balaban J connectivity index is 2.05. The molecule has 0 bridgehead atoms. The smallest absolute Gasteiger partial charge is 0.143 e. The van der Waals surface area contributed by atoms with Crippen LogP contribution in [0.15, 0.2) is 18.2 Å². The molecule has 0 aliphatic carbocycles. The Labute approximate surface area is 131 Å². The summed E-state index contributed by atoms with van der Waals surface area (Å²) in [5.41, 5.74) is 2.18. The second-order valence-electron chi connectivity index (χ2n) is 4.86. The predicted molar refractivity (Wildman–Crippen MR) is 87.5 cm³/mol. The summed E-state index contributed by atoms with van der Waals surface area (Å²) in [6.07, 6.45) is 0. The molecule has 0 atom stereocenters. The molecule has 1 aliphatic rings. The van der Waals surface area contributed by atoms with Crippen LogP contribution in [0.1, 0.15) is 5.82 Å². The van der Waals surface area contributed by atoms with E-state index in [0.717, 1.165) is 43.0 Å². The van der Waals surface area contributed by atoms with Crippen molar-refractivity contribution < 1.29 is 0 Å². The van der Waals surface area contributed by atoms with Crippen molar-refractivity contribution in [3.8, 4) is 0 Å². The average Bonchev–Trinajstić information content (AvgIpc) is 2.77. The van der Waals surface area contributed by atoms with E-state index in [9.17, 15) is 0 Å². The summed E-state index contributed by atoms with van der Waals surface area (Å²) in [6.45, 7) is 4.17. The lowest BCUT2D eigenvalue weighted by Crippen LogP contribution is -2.50. The van der Waals surface area contributed by atoms with Gasteiger partial charge in [0.2, 0.25) is 0 Å². The van der Waals surface area contributed by atoms with Crippen molar-refractivity contribution in [2.45, 2.75) is 5.88 Å². The molecule has 0 N–H and O–H groups in total. The molecule has 0 spiro atoms. The maximum Gasteiger partial charge on any atom is 0.143 e. The number of halogens is 2. The lowest BCUT2D eigenvalue weighted by atomic mass is 10.3. The number of fused-ring (bicyclic) bond motifs is 1. The molecule has 2 aromatic rings. The number of likely N-dealkylation sites (N-methyl/N-ethyl adjacent to an activating group) is 1. The van der Waals surface area contributed by atoms with Crippen LogP contribution in [0.4, 0.5) is 0 Å². The molecule has 0 saturated carbocycles. The Hall–Kier alpha value is -0.530. The molecule has 1 aliphatic heterocycles. The predicted octanol–water partition coefficient (Wildman–Crippen LogP) is 2.26. The molecule has 6 heteroatoms. The third kappa shape index (κ3) is 2.55. The van der Waals surface area contributed by atoms with Crippen LogP contribution in [-0.2, 0) is 5.88 Å². The Morgan fingerprint density at radius 3 is 2.68 bits per heavy atom. The quantitative estimate of drug-likeness (QED) is 0.581. The molecule has 19 heavy (non-hydrogen) atoms. The fourth-order valence-corrected chi connectivity index (χ4v) is 3.14. The molecule has 2 heterocycles. The monoisotopic (exact) mass is 390 g/mol. The van der Waals surface area contributed by atoms with Gasteiger partial charge in [0.05, 0.1) is 16.9 Å². The Kier molecular flexibility index (Phi) is 3.86. The van der Waals surface area contributed by atoms with Crippen molar-refractivity contribution in [2.24, 2.45) is 0 Å². The zero-order chi connectivity index (χ0) is 13.4. The largest absolute Gasteiger partial charge is 0.308 e. The molecular formula is C13H16ClIN4. The van der Waals surface area contributed by atoms with Crippen LogP contribution in [0, 0.1) is 3.57 Å². The third-order valence-electron chi connectivity index (χ3n) is 3.54. The van der Waals surface area contributed by atoms with Crippen molar-refractivity contribution in [3.63, 3.8) is 0 Å². The standard InChI is InChI=1S/C13H16ClIN4/c1-17-4-6-18(7-5-17)19-12-3-2-10(15)8-11(12)16-13(19)9-14/h2-3,8H,4-7,9H2,1H3. The van der Waals surface area contributed by atoms with E-state index in [1.807, 2.05) is 0 Å². The Morgan fingerprint density at radius 1 is 1.26 bits per heavy atom. The van der Waals surface area contributed by atoms with E-state index >= 15 is 0 Å². The van der Waals surface area contributed by atoms with Gasteiger partial charge in [-0.05, 0) is 47.8 Å². The average molecular weight is 391 g/mol. The summed E-state index contributed by atoms with van der Waals surface area (Å²) in [5, 5.41) is 2.35. The number of nitrogens with zero attached hydrogens (tertiary/aromatic N) is 4. The molecule has 1 saturated heterocycles. The van der Waals surface area contributed by atoms with Crippen LogP contribution in [0.25, 0.3) is 11.0 Å². The van der Waals surface area contributed by atoms with Crippen molar-refractivity contribution in [2.75, 3.05) is 38.2 Å². The van der Waals surface area contributed by atoms with Gasteiger partial charge in [-0.2, -0.15) is 0 Å². The van der Waals surface area contributed by atoms with Gasteiger partial charge in [0.1, 0.15) is 5.82 Å². The highest BCUT2D eigenvalue weighted by atomic mass is 127. The number of benzene rings is 1. The van der Waals surface area contributed by atoms with E-state index in [1.165, 1.54) is 3.57 Å².